The Labute approximate surface area is 176 Å². The Kier molecular flexibility index (Phi) is 6.15. The molecule has 0 bridgehead atoms. The van der Waals surface area contributed by atoms with Crippen molar-refractivity contribution < 1.29 is 22.7 Å². The average molecular weight is 447 g/mol. The maximum absolute atomic E-state index is 12.5. The molecular weight excluding hydrogens is 428 g/mol. The molecule has 0 aliphatic rings. The number of hydrazine groups is 1. The molecule has 0 radical (unpaired) electrons. The Bertz CT molecular complexity index is 1210. The van der Waals surface area contributed by atoms with Crippen LogP contribution in [0.4, 0.5) is 0 Å². The maximum Gasteiger partial charge on any atom is 0.281 e. The molecule has 1 heterocycles. The van der Waals surface area contributed by atoms with Crippen molar-refractivity contribution in [2.45, 2.75) is 11.8 Å². The highest BCUT2D eigenvalue weighted by atomic mass is 32.2. The third-order valence-electron chi connectivity index (χ3n) is 4.06. The standard InChI is InChI=1S/C19H18N4O5S2/c1-11-16(29-19(21-11)12-6-4-3-5-7-12)18(25)23-22-17(24)14-10-13(30(20,26)27)8-9-15(14)28-2/h3-10H,1-2H3,(H,22,24)(H,23,25)(H2,20,26,27). The molecule has 0 spiro atoms. The molecule has 2 amide bonds. The topological polar surface area (TPSA) is 140 Å². The molecule has 0 saturated carbocycles. The molecule has 30 heavy (non-hydrogen) atoms. The van der Waals surface area contributed by atoms with E-state index in [1.54, 1.807) is 6.92 Å². The average Bonchev–Trinajstić information content (AvgIpc) is 3.13. The molecule has 3 rings (SSSR count). The number of hydrogen-bond acceptors (Lipinski definition) is 7. The van der Waals surface area contributed by atoms with E-state index in [0.717, 1.165) is 11.6 Å². The van der Waals surface area contributed by atoms with Crippen molar-refractivity contribution in [1.29, 1.82) is 0 Å². The first-order valence-electron chi connectivity index (χ1n) is 8.55. The summed E-state index contributed by atoms with van der Waals surface area (Å²) in [4.78, 5) is 29.5. The zero-order valence-corrected chi connectivity index (χ0v) is 17.6. The summed E-state index contributed by atoms with van der Waals surface area (Å²) >= 11 is 1.19. The summed E-state index contributed by atoms with van der Waals surface area (Å²) in [6.45, 7) is 1.69. The van der Waals surface area contributed by atoms with Crippen LogP contribution in [-0.2, 0) is 10.0 Å². The molecule has 1 aromatic heterocycles. The third kappa shape index (κ3) is 4.64. The van der Waals surface area contributed by atoms with Crippen molar-refractivity contribution >= 4 is 33.2 Å². The van der Waals surface area contributed by atoms with E-state index in [0.29, 0.717) is 15.6 Å². The van der Waals surface area contributed by atoms with Crippen molar-refractivity contribution in [3.63, 3.8) is 0 Å². The van der Waals surface area contributed by atoms with Gasteiger partial charge < -0.3 is 4.74 Å². The van der Waals surface area contributed by atoms with Crippen LogP contribution in [0, 0.1) is 6.92 Å². The minimum absolute atomic E-state index is 0.102. The van der Waals surface area contributed by atoms with Gasteiger partial charge in [-0.3, -0.25) is 20.4 Å². The molecule has 0 unspecified atom stereocenters. The van der Waals surface area contributed by atoms with E-state index in [1.807, 2.05) is 30.3 Å². The van der Waals surface area contributed by atoms with Gasteiger partial charge in [0, 0.05) is 5.56 Å². The number of nitrogens with zero attached hydrogens (tertiary/aromatic N) is 1. The molecule has 0 saturated heterocycles. The SMILES string of the molecule is COc1ccc(S(N)(=O)=O)cc1C(=O)NNC(=O)c1sc(-c2ccccc2)nc1C. The van der Waals surface area contributed by atoms with Crippen molar-refractivity contribution in [3.8, 4) is 16.3 Å². The van der Waals surface area contributed by atoms with Crippen LogP contribution < -0.4 is 20.7 Å². The molecule has 9 nitrogen and oxygen atoms in total. The van der Waals surface area contributed by atoms with Crippen LogP contribution in [0.1, 0.15) is 25.7 Å². The molecule has 4 N–H and O–H groups in total. The van der Waals surface area contributed by atoms with E-state index < -0.39 is 21.8 Å². The normalized spacial score (nSPS) is 11.0. The summed E-state index contributed by atoms with van der Waals surface area (Å²) in [7, 11) is -2.69. The fraction of sp³-hybridized carbons (Fsp3) is 0.105. The molecule has 0 aliphatic carbocycles. The first-order chi connectivity index (χ1) is 14.2. The Morgan fingerprint density at radius 2 is 1.73 bits per heavy atom. The van der Waals surface area contributed by atoms with Gasteiger partial charge in [-0.05, 0) is 25.1 Å². The van der Waals surface area contributed by atoms with Gasteiger partial charge in [-0.1, -0.05) is 30.3 Å². The molecule has 0 atom stereocenters. The predicted octanol–water partition coefficient (Wildman–Crippen LogP) is 1.85. The number of hydrogen-bond donors (Lipinski definition) is 3. The summed E-state index contributed by atoms with van der Waals surface area (Å²) in [5, 5.41) is 5.78. The van der Waals surface area contributed by atoms with E-state index in [-0.39, 0.29) is 16.2 Å². The first kappa shape index (κ1) is 21.4. The number of amides is 2. The van der Waals surface area contributed by atoms with E-state index in [2.05, 4.69) is 15.8 Å². The van der Waals surface area contributed by atoms with Gasteiger partial charge >= 0.3 is 0 Å². The Balaban J connectivity index is 1.77. The molecule has 2 aromatic carbocycles. The number of ether oxygens (including phenoxy) is 1. The number of aryl methyl sites for hydroxylation is 1. The Morgan fingerprint density at radius 3 is 2.37 bits per heavy atom. The number of thiazole rings is 1. The second kappa shape index (κ2) is 8.61. The van der Waals surface area contributed by atoms with E-state index in [9.17, 15) is 18.0 Å². The minimum Gasteiger partial charge on any atom is -0.496 e. The monoisotopic (exact) mass is 446 g/mol. The lowest BCUT2D eigenvalue weighted by molar-refractivity contribution is 0.0846. The van der Waals surface area contributed by atoms with Crippen molar-refractivity contribution in [2.75, 3.05) is 7.11 Å². The first-order valence-corrected chi connectivity index (χ1v) is 10.9. The third-order valence-corrected chi connectivity index (χ3v) is 6.17. The van der Waals surface area contributed by atoms with Crippen molar-refractivity contribution in [1.82, 2.24) is 15.8 Å². The summed E-state index contributed by atoms with van der Waals surface area (Å²) in [5.41, 5.74) is 5.84. The van der Waals surface area contributed by atoms with Crippen LogP contribution in [0.3, 0.4) is 0 Å². The minimum atomic E-state index is -4.02. The number of sulfonamides is 1. The zero-order chi connectivity index (χ0) is 21.9. The van der Waals surface area contributed by atoms with Gasteiger partial charge in [0.15, 0.2) is 0 Å². The van der Waals surface area contributed by atoms with E-state index >= 15 is 0 Å². The summed E-state index contributed by atoms with van der Waals surface area (Å²) in [6, 6.07) is 13.0. The largest absolute Gasteiger partial charge is 0.496 e. The number of nitrogens with two attached hydrogens (primary N) is 1. The van der Waals surface area contributed by atoms with Crippen LogP contribution in [0.15, 0.2) is 53.4 Å². The van der Waals surface area contributed by atoms with Gasteiger partial charge in [-0.2, -0.15) is 0 Å². The number of aromatic nitrogens is 1. The number of benzene rings is 2. The van der Waals surface area contributed by atoms with Crippen LogP contribution >= 0.6 is 11.3 Å². The maximum atomic E-state index is 12.5. The van der Waals surface area contributed by atoms with Crippen LogP contribution in [0.5, 0.6) is 5.75 Å². The zero-order valence-electron chi connectivity index (χ0n) is 16.0. The lowest BCUT2D eigenvalue weighted by Gasteiger charge is -2.11. The van der Waals surface area contributed by atoms with Gasteiger partial charge in [0.2, 0.25) is 10.0 Å². The lowest BCUT2D eigenvalue weighted by atomic mass is 10.2. The Hall–Kier alpha value is -3.28. The van der Waals surface area contributed by atoms with Crippen LogP contribution in [0.25, 0.3) is 10.6 Å². The second-order valence-corrected chi connectivity index (χ2v) is 8.68. The fourth-order valence-electron chi connectivity index (χ4n) is 2.59. The smallest absolute Gasteiger partial charge is 0.281 e. The summed E-state index contributed by atoms with van der Waals surface area (Å²) < 4.78 is 28.2. The summed E-state index contributed by atoms with van der Waals surface area (Å²) in [6.07, 6.45) is 0. The van der Waals surface area contributed by atoms with Crippen molar-refractivity contribution in [2.24, 2.45) is 5.14 Å². The molecule has 156 valence electrons. The van der Waals surface area contributed by atoms with Gasteiger partial charge in [-0.25, -0.2) is 18.5 Å². The van der Waals surface area contributed by atoms with E-state index in [4.69, 9.17) is 9.88 Å². The van der Waals surface area contributed by atoms with Crippen molar-refractivity contribution in [3.05, 3.63) is 64.7 Å². The highest BCUT2D eigenvalue weighted by Gasteiger charge is 2.20. The highest BCUT2D eigenvalue weighted by molar-refractivity contribution is 7.89. The second-order valence-electron chi connectivity index (χ2n) is 6.11. The number of methoxy groups -OCH3 is 1. The van der Waals surface area contributed by atoms with Gasteiger partial charge in [0.1, 0.15) is 15.6 Å². The van der Waals surface area contributed by atoms with Gasteiger partial charge in [0.25, 0.3) is 11.8 Å². The molecule has 0 aliphatic heterocycles. The van der Waals surface area contributed by atoms with Crippen LogP contribution in [0.2, 0.25) is 0 Å². The fourth-order valence-corrected chi connectivity index (χ4v) is 4.10. The van der Waals surface area contributed by atoms with Gasteiger partial charge in [-0.15, -0.1) is 11.3 Å². The molecule has 11 heteroatoms. The van der Waals surface area contributed by atoms with Crippen LogP contribution in [-0.4, -0.2) is 32.3 Å². The highest BCUT2D eigenvalue weighted by Crippen LogP contribution is 2.27. The van der Waals surface area contributed by atoms with E-state index in [1.165, 1.54) is 30.6 Å². The molecule has 3 aromatic rings. The molecular formula is C19H18N4O5S2. The number of primary sulfonamides is 1. The Morgan fingerprint density at radius 1 is 1.07 bits per heavy atom. The lowest BCUT2D eigenvalue weighted by Crippen LogP contribution is -2.41. The molecule has 0 fully saturated rings. The number of carbonyl (C=O) groups is 2. The number of rotatable bonds is 5. The predicted molar refractivity (Wildman–Crippen MR) is 112 cm³/mol. The summed E-state index contributed by atoms with van der Waals surface area (Å²) in [5.74, 6) is -1.20. The number of nitrogens with one attached hydrogen (secondary N) is 2. The van der Waals surface area contributed by atoms with Gasteiger partial charge in [0.05, 0.1) is 23.3 Å². The number of carbonyl (C=O) groups excluding carboxylic acids is 2. The quantitative estimate of drug-likeness (QED) is 0.511.